The van der Waals surface area contributed by atoms with Crippen LogP contribution in [0.1, 0.15) is 11.7 Å². The fourth-order valence-corrected chi connectivity index (χ4v) is 1.92. The summed E-state index contributed by atoms with van der Waals surface area (Å²) in [6, 6.07) is 16.4. The zero-order chi connectivity index (χ0) is 15.2. The zero-order valence-corrected chi connectivity index (χ0v) is 11.6. The summed E-state index contributed by atoms with van der Waals surface area (Å²) >= 11 is 0. The Morgan fingerprint density at radius 1 is 1.05 bits per heavy atom. The highest BCUT2D eigenvalue weighted by Crippen LogP contribution is 2.23. The van der Waals surface area contributed by atoms with Gasteiger partial charge in [-0.05, 0) is 29.8 Å². The average Bonchev–Trinajstić information content (AvgIpc) is 2.54. The fraction of sp³-hybridized carbons (Fsp3) is 0.188. The van der Waals surface area contributed by atoms with Crippen LogP contribution in [0.4, 0.5) is 11.4 Å². The number of hydrogen-bond donors (Lipinski definition) is 3. The summed E-state index contributed by atoms with van der Waals surface area (Å²) in [4.78, 5) is 11.3. The van der Waals surface area contributed by atoms with Crippen LogP contribution in [-0.2, 0) is 9.53 Å². The molecule has 2 unspecified atom stereocenters. The van der Waals surface area contributed by atoms with E-state index in [0.717, 1.165) is 18.5 Å². The Balaban J connectivity index is 2.16. The Morgan fingerprint density at radius 2 is 1.71 bits per heavy atom. The third-order valence-electron chi connectivity index (χ3n) is 3.03. The second kappa shape index (κ2) is 6.88. The first kappa shape index (κ1) is 15.0. The molecule has 5 nitrogen and oxygen atoms in total. The zero-order valence-electron chi connectivity index (χ0n) is 11.6. The molecule has 0 saturated carbocycles. The third-order valence-corrected chi connectivity index (χ3v) is 3.03. The van der Waals surface area contributed by atoms with Gasteiger partial charge in [-0.15, -0.1) is 0 Å². The van der Waals surface area contributed by atoms with Gasteiger partial charge in [0.05, 0.1) is 7.11 Å². The number of methoxy groups -OCH3 is 1. The largest absolute Gasteiger partial charge is 0.467 e. The lowest BCUT2D eigenvalue weighted by atomic mass is 10.0. The van der Waals surface area contributed by atoms with Crippen LogP contribution in [0.25, 0.3) is 0 Å². The summed E-state index contributed by atoms with van der Waals surface area (Å²) in [5.74, 6) is -0.871. The Hall–Kier alpha value is -2.37. The molecule has 110 valence electrons. The number of rotatable bonds is 5. The normalized spacial score (nSPS) is 13.3. The van der Waals surface area contributed by atoms with Gasteiger partial charge >= 0.3 is 5.97 Å². The molecule has 2 rings (SSSR count). The van der Waals surface area contributed by atoms with Crippen molar-refractivity contribution in [3.05, 3.63) is 60.2 Å². The highest BCUT2D eigenvalue weighted by atomic mass is 16.5. The maximum atomic E-state index is 11.3. The van der Waals surface area contributed by atoms with Gasteiger partial charge in [0.25, 0.3) is 0 Å². The fourth-order valence-electron chi connectivity index (χ4n) is 1.92. The molecule has 0 spiro atoms. The first-order valence-electron chi connectivity index (χ1n) is 6.48. The van der Waals surface area contributed by atoms with Gasteiger partial charge in [-0.1, -0.05) is 30.3 Å². The average molecular weight is 287 g/mol. The summed E-state index contributed by atoms with van der Waals surface area (Å²) in [6.07, 6.45) is -2.95. The second-order valence-corrected chi connectivity index (χ2v) is 4.53. The molecule has 0 fully saturated rings. The van der Waals surface area contributed by atoms with Crippen LogP contribution in [0.5, 0.6) is 0 Å². The molecule has 0 aliphatic heterocycles. The molecule has 2 atom stereocenters. The van der Waals surface area contributed by atoms with Gasteiger partial charge in [0, 0.05) is 11.4 Å². The van der Waals surface area contributed by atoms with Crippen LogP contribution >= 0.6 is 0 Å². The van der Waals surface area contributed by atoms with Crippen molar-refractivity contribution < 1.29 is 19.7 Å². The van der Waals surface area contributed by atoms with E-state index < -0.39 is 18.2 Å². The summed E-state index contributed by atoms with van der Waals surface area (Å²) in [5.41, 5.74) is 2.07. The molecule has 0 amide bonds. The number of ether oxygens (including phenoxy) is 1. The lowest BCUT2D eigenvalue weighted by Crippen LogP contribution is -2.29. The number of anilines is 2. The number of carbonyl (C=O) groups is 1. The van der Waals surface area contributed by atoms with E-state index in [4.69, 9.17) is 0 Å². The van der Waals surface area contributed by atoms with Crippen molar-refractivity contribution in [2.75, 3.05) is 12.4 Å². The Labute approximate surface area is 122 Å². The number of hydrogen-bond acceptors (Lipinski definition) is 5. The predicted molar refractivity (Wildman–Crippen MR) is 79.1 cm³/mol. The van der Waals surface area contributed by atoms with Crippen LogP contribution in [0, 0.1) is 0 Å². The van der Waals surface area contributed by atoms with Crippen molar-refractivity contribution in [1.82, 2.24) is 0 Å². The van der Waals surface area contributed by atoms with Gasteiger partial charge in [0.2, 0.25) is 0 Å². The maximum absolute atomic E-state index is 11.3. The quantitative estimate of drug-likeness (QED) is 0.733. The lowest BCUT2D eigenvalue weighted by Gasteiger charge is -2.17. The Morgan fingerprint density at radius 3 is 2.38 bits per heavy atom. The molecule has 0 bridgehead atoms. The van der Waals surface area contributed by atoms with E-state index >= 15 is 0 Å². The van der Waals surface area contributed by atoms with Gasteiger partial charge < -0.3 is 20.3 Å². The van der Waals surface area contributed by atoms with Gasteiger partial charge in [-0.2, -0.15) is 0 Å². The summed E-state index contributed by atoms with van der Waals surface area (Å²) in [6.45, 7) is 0. The number of aliphatic hydroxyl groups is 2. The SMILES string of the molecule is COC(=O)C(O)C(O)c1cccc(Nc2ccccc2)c1. The van der Waals surface area contributed by atoms with Crippen molar-refractivity contribution in [3.63, 3.8) is 0 Å². The van der Waals surface area contributed by atoms with Crippen LogP contribution in [0.2, 0.25) is 0 Å². The first-order chi connectivity index (χ1) is 10.1. The van der Waals surface area contributed by atoms with Gasteiger partial charge in [0.15, 0.2) is 6.10 Å². The van der Waals surface area contributed by atoms with Crippen molar-refractivity contribution in [1.29, 1.82) is 0 Å². The van der Waals surface area contributed by atoms with E-state index in [-0.39, 0.29) is 0 Å². The number of para-hydroxylation sites is 1. The van der Waals surface area contributed by atoms with Crippen LogP contribution in [0.3, 0.4) is 0 Å². The molecule has 2 aromatic rings. The number of nitrogens with one attached hydrogen (secondary N) is 1. The second-order valence-electron chi connectivity index (χ2n) is 4.53. The van der Waals surface area contributed by atoms with Crippen molar-refractivity contribution in [3.8, 4) is 0 Å². The highest BCUT2D eigenvalue weighted by molar-refractivity contribution is 5.75. The molecule has 0 aliphatic carbocycles. The van der Waals surface area contributed by atoms with E-state index in [2.05, 4.69) is 10.1 Å². The molecule has 5 heteroatoms. The van der Waals surface area contributed by atoms with E-state index in [1.54, 1.807) is 18.2 Å². The van der Waals surface area contributed by atoms with Crippen molar-refractivity contribution in [2.45, 2.75) is 12.2 Å². The third kappa shape index (κ3) is 3.81. The highest BCUT2D eigenvalue weighted by Gasteiger charge is 2.26. The topological polar surface area (TPSA) is 78.8 Å². The summed E-state index contributed by atoms with van der Waals surface area (Å²) < 4.78 is 4.42. The number of benzene rings is 2. The Kier molecular flexibility index (Phi) is 4.92. The van der Waals surface area contributed by atoms with E-state index in [9.17, 15) is 15.0 Å². The first-order valence-corrected chi connectivity index (χ1v) is 6.48. The number of carbonyl (C=O) groups excluding carboxylic acids is 1. The smallest absolute Gasteiger partial charge is 0.337 e. The molecule has 0 radical (unpaired) electrons. The van der Waals surface area contributed by atoms with Crippen molar-refractivity contribution >= 4 is 17.3 Å². The van der Waals surface area contributed by atoms with Crippen LogP contribution in [0.15, 0.2) is 54.6 Å². The molecular formula is C16H17NO4. The Bertz CT molecular complexity index is 600. The minimum atomic E-state index is -1.61. The molecule has 0 aromatic heterocycles. The van der Waals surface area contributed by atoms with Crippen LogP contribution < -0.4 is 5.32 Å². The molecule has 2 aromatic carbocycles. The van der Waals surface area contributed by atoms with Gasteiger partial charge in [-0.25, -0.2) is 4.79 Å². The molecule has 21 heavy (non-hydrogen) atoms. The monoisotopic (exact) mass is 287 g/mol. The lowest BCUT2D eigenvalue weighted by molar-refractivity contribution is -0.156. The molecule has 0 aliphatic rings. The minimum absolute atomic E-state index is 0.425. The summed E-state index contributed by atoms with van der Waals surface area (Å²) in [5, 5.41) is 22.9. The van der Waals surface area contributed by atoms with E-state index in [0.29, 0.717) is 5.56 Å². The van der Waals surface area contributed by atoms with Gasteiger partial charge in [0.1, 0.15) is 6.10 Å². The molecule has 0 heterocycles. The molecule has 3 N–H and O–H groups in total. The molecule has 0 saturated heterocycles. The number of esters is 1. The minimum Gasteiger partial charge on any atom is -0.467 e. The van der Waals surface area contributed by atoms with Gasteiger partial charge in [-0.3, -0.25) is 0 Å². The van der Waals surface area contributed by atoms with Crippen molar-refractivity contribution in [2.24, 2.45) is 0 Å². The van der Waals surface area contributed by atoms with Crippen LogP contribution in [-0.4, -0.2) is 29.4 Å². The van der Waals surface area contributed by atoms with E-state index in [1.165, 1.54) is 0 Å². The standard InChI is InChI=1S/C16H17NO4/c1-21-16(20)15(19)14(18)11-6-5-9-13(10-11)17-12-7-3-2-4-8-12/h2-10,14-15,17-19H,1H3. The summed E-state index contributed by atoms with van der Waals surface area (Å²) in [7, 11) is 1.16. The maximum Gasteiger partial charge on any atom is 0.337 e. The molecular weight excluding hydrogens is 270 g/mol. The predicted octanol–water partition coefficient (Wildman–Crippen LogP) is 2.00. The van der Waals surface area contributed by atoms with E-state index in [1.807, 2.05) is 36.4 Å². The number of aliphatic hydroxyl groups excluding tert-OH is 2.